The minimum atomic E-state index is 0.187. The topological polar surface area (TPSA) is 50.8 Å². The van der Waals surface area contributed by atoms with Crippen LogP contribution in [0.15, 0.2) is 22.7 Å². The Labute approximate surface area is 133 Å². The van der Waals surface area contributed by atoms with Crippen molar-refractivity contribution in [1.82, 2.24) is 10.2 Å². The molecule has 1 aliphatic rings. The summed E-state index contributed by atoms with van der Waals surface area (Å²) in [5, 5.41) is 3.29. The highest BCUT2D eigenvalue weighted by molar-refractivity contribution is 9.10. The molecule has 1 aromatic carbocycles. The molecule has 0 bridgehead atoms. The Bertz CT molecular complexity index is 476. The lowest BCUT2D eigenvalue weighted by molar-refractivity contribution is -0.135. The zero-order chi connectivity index (χ0) is 15.1. The second-order valence-electron chi connectivity index (χ2n) is 4.88. The zero-order valence-electron chi connectivity index (χ0n) is 12.2. The first-order valence-corrected chi connectivity index (χ1v) is 7.88. The monoisotopic (exact) mass is 356 g/mol. The van der Waals surface area contributed by atoms with Gasteiger partial charge in [0.1, 0.15) is 5.75 Å². The van der Waals surface area contributed by atoms with Crippen molar-refractivity contribution in [3.63, 3.8) is 0 Å². The first-order chi connectivity index (χ1) is 10.2. The van der Waals surface area contributed by atoms with Crippen molar-refractivity contribution in [2.45, 2.75) is 13.0 Å². The molecule has 6 heteroatoms. The molecule has 116 valence electrons. The summed E-state index contributed by atoms with van der Waals surface area (Å²) in [5.74, 6) is 1.04. The summed E-state index contributed by atoms with van der Waals surface area (Å²) in [7, 11) is 1.66. The maximum atomic E-state index is 12.0. The molecule has 0 atom stereocenters. The predicted octanol–water partition coefficient (Wildman–Crippen LogP) is 1.80. The highest BCUT2D eigenvalue weighted by atomic mass is 79.9. The molecule has 0 aromatic heterocycles. The number of amides is 1. The molecule has 1 fully saturated rings. The average Bonchev–Trinajstić information content (AvgIpc) is 2.52. The quantitative estimate of drug-likeness (QED) is 0.789. The van der Waals surface area contributed by atoms with Crippen LogP contribution >= 0.6 is 15.9 Å². The number of halogens is 1. The van der Waals surface area contributed by atoms with E-state index in [4.69, 9.17) is 9.47 Å². The summed E-state index contributed by atoms with van der Waals surface area (Å²) < 4.78 is 11.6. The minimum absolute atomic E-state index is 0.187. The van der Waals surface area contributed by atoms with Crippen molar-refractivity contribution in [2.24, 2.45) is 0 Å². The van der Waals surface area contributed by atoms with Gasteiger partial charge in [-0.25, -0.2) is 0 Å². The van der Waals surface area contributed by atoms with E-state index in [0.717, 1.165) is 15.8 Å². The molecule has 1 N–H and O–H groups in total. The van der Waals surface area contributed by atoms with Crippen LogP contribution in [0, 0.1) is 0 Å². The second-order valence-corrected chi connectivity index (χ2v) is 5.79. The van der Waals surface area contributed by atoms with Gasteiger partial charge in [0.05, 0.1) is 20.3 Å². The summed E-state index contributed by atoms with van der Waals surface area (Å²) in [6.07, 6.45) is 0.510. The fourth-order valence-corrected chi connectivity index (χ4v) is 2.68. The van der Waals surface area contributed by atoms with Crippen LogP contribution in [0.25, 0.3) is 0 Å². The number of rotatable bonds is 6. The number of hydrogen-bond donors (Lipinski definition) is 1. The predicted molar refractivity (Wildman–Crippen MR) is 84.4 cm³/mol. The third-order valence-electron chi connectivity index (χ3n) is 3.44. The Morgan fingerprint density at radius 1 is 1.43 bits per heavy atom. The van der Waals surface area contributed by atoms with Gasteiger partial charge < -0.3 is 19.7 Å². The number of nitrogens with zero attached hydrogens (tertiary/aromatic N) is 1. The number of benzene rings is 1. The maximum Gasteiger partial charge on any atom is 0.224 e. The minimum Gasteiger partial charge on any atom is -0.496 e. The van der Waals surface area contributed by atoms with Crippen LogP contribution in [0.5, 0.6) is 5.75 Å². The van der Waals surface area contributed by atoms with Crippen molar-refractivity contribution in [1.29, 1.82) is 0 Å². The smallest absolute Gasteiger partial charge is 0.224 e. The van der Waals surface area contributed by atoms with Gasteiger partial charge in [-0.15, -0.1) is 0 Å². The number of carbonyl (C=O) groups is 1. The van der Waals surface area contributed by atoms with Crippen LogP contribution in [0.1, 0.15) is 12.0 Å². The van der Waals surface area contributed by atoms with E-state index < -0.39 is 0 Å². The Balaban J connectivity index is 1.74. The summed E-state index contributed by atoms with van der Waals surface area (Å²) in [6, 6.07) is 5.90. The highest BCUT2D eigenvalue weighted by Gasteiger charge is 2.15. The van der Waals surface area contributed by atoms with E-state index >= 15 is 0 Å². The lowest BCUT2D eigenvalue weighted by atomic mass is 10.2. The lowest BCUT2D eigenvalue weighted by Crippen LogP contribution is -2.41. The molecule has 5 nitrogen and oxygen atoms in total. The van der Waals surface area contributed by atoms with Gasteiger partial charge in [-0.1, -0.05) is 15.9 Å². The van der Waals surface area contributed by atoms with E-state index in [2.05, 4.69) is 21.2 Å². The summed E-state index contributed by atoms with van der Waals surface area (Å²) in [4.78, 5) is 13.9. The number of carbonyl (C=O) groups excluding carboxylic acids is 1. The van der Waals surface area contributed by atoms with Gasteiger partial charge in [0.25, 0.3) is 0 Å². The molecular weight excluding hydrogens is 336 g/mol. The number of morpholine rings is 1. The lowest BCUT2D eigenvalue weighted by Gasteiger charge is -2.26. The average molecular weight is 357 g/mol. The van der Waals surface area contributed by atoms with Gasteiger partial charge in [-0.3, -0.25) is 4.79 Å². The molecule has 0 aliphatic carbocycles. The maximum absolute atomic E-state index is 12.0. The van der Waals surface area contributed by atoms with Crippen LogP contribution in [-0.4, -0.2) is 50.8 Å². The fourth-order valence-electron chi connectivity index (χ4n) is 2.27. The summed E-state index contributed by atoms with van der Waals surface area (Å²) in [5.41, 5.74) is 1.07. The van der Waals surface area contributed by atoms with Gasteiger partial charge in [-0.2, -0.15) is 0 Å². The van der Waals surface area contributed by atoms with Crippen LogP contribution < -0.4 is 10.1 Å². The van der Waals surface area contributed by atoms with Crippen molar-refractivity contribution >= 4 is 21.8 Å². The molecule has 21 heavy (non-hydrogen) atoms. The fraction of sp³-hybridized carbons (Fsp3) is 0.533. The third-order valence-corrected chi connectivity index (χ3v) is 3.93. The Morgan fingerprint density at radius 3 is 2.90 bits per heavy atom. The van der Waals surface area contributed by atoms with Crippen molar-refractivity contribution in [2.75, 3.05) is 40.0 Å². The number of hydrogen-bond acceptors (Lipinski definition) is 4. The van der Waals surface area contributed by atoms with E-state index in [1.54, 1.807) is 7.11 Å². The molecule has 2 rings (SSSR count). The number of nitrogens with one attached hydrogen (secondary N) is 1. The van der Waals surface area contributed by atoms with Crippen LogP contribution in [0.4, 0.5) is 0 Å². The first kappa shape index (κ1) is 16.3. The van der Waals surface area contributed by atoms with Gasteiger partial charge in [-0.05, 0) is 18.2 Å². The van der Waals surface area contributed by atoms with Crippen molar-refractivity contribution in [3.8, 4) is 5.75 Å². The highest BCUT2D eigenvalue weighted by Crippen LogP contribution is 2.22. The zero-order valence-corrected chi connectivity index (χ0v) is 13.8. The molecule has 0 spiro atoms. The molecule has 0 unspecified atom stereocenters. The van der Waals surface area contributed by atoms with Crippen molar-refractivity contribution in [3.05, 3.63) is 28.2 Å². The first-order valence-electron chi connectivity index (χ1n) is 7.09. The Morgan fingerprint density at radius 2 is 2.19 bits per heavy atom. The molecule has 1 heterocycles. The molecule has 1 saturated heterocycles. The van der Waals surface area contributed by atoms with Gasteiger partial charge in [0.15, 0.2) is 0 Å². The van der Waals surface area contributed by atoms with Gasteiger partial charge >= 0.3 is 0 Å². The SMILES string of the molecule is COc1ccc(Br)cc1CNCCC(=O)N1CCOCC1. The standard InChI is InChI=1S/C15H21BrN2O3/c1-20-14-3-2-13(16)10-12(14)11-17-5-4-15(19)18-6-8-21-9-7-18/h2-3,10,17H,4-9,11H2,1H3. The number of methoxy groups -OCH3 is 1. The third kappa shape index (κ3) is 4.98. The normalized spacial score (nSPS) is 15.0. The molecule has 0 saturated carbocycles. The molecule has 1 aliphatic heterocycles. The van der Waals surface area contributed by atoms with Crippen LogP contribution in [0.2, 0.25) is 0 Å². The molecule has 1 aromatic rings. The molecule has 0 radical (unpaired) electrons. The Hall–Kier alpha value is -1.11. The van der Waals surface area contributed by atoms with Gasteiger partial charge in [0.2, 0.25) is 5.91 Å². The second kappa shape index (κ2) is 8.36. The van der Waals surface area contributed by atoms with E-state index in [1.807, 2.05) is 23.1 Å². The largest absolute Gasteiger partial charge is 0.496 e. The Kier molecular flexibility index (Phi) is 6.48. The molecular formula is C15H21BrN2O3. The van der Waals surface area contributed by atoms with E-state index in [-0.39, 0.29) is 5.91 Å². The van der Waals surface area contributed by atoms with Crippen LogP contribution in [0.3, 0.4) is 0 Å². The summed E-state index contributed by atoms with van der Waals surface area (Å²) in [6.45, 7) is 4.05. The van der Waals surface area contributed by atoms with Crippen LogP contribution in [-0.2, 0) is 16.1 Å². The van der Waals surface area contributed by atoms with E-state index in [0.29, 0.717) is 45.8 Å². The van der Waals surface area contributed by atoms with E-state index in [1.165, 1.54) is 0 Å². The molecule has 1 amide bonds. The summed E-state index contributed by atoms with van der Waals surface area (Å²) >= 11 is 3.45. The number of ether oxygens (including phenoxy) is 2. The van der Waals surface area contributed by atoms with E-state index in [9.17, 15) is 4.79 Å². The van der Waals surface area contributed by atoms with Crippen molar-refractivity contribution < 1.29 is 14.3 Å². The van der Waals surface area contributed by atoms with Gasteiger partial charge in [0, 0.05) is 42.6 Å².